The lowest BCUT2D eigenvalue weighted by Gasteiger charge is -2.07. The van der Waals surface area contributed by atoms with Gasteiger partial charge < -0.3 is 0 Å². The highest BCUT2D eigenvalue weighted by atomic mass is 79.9. The third-order valence-corrected chi connectivity index (χ3v) is 3.58. The molecule has 0 radical (unpaired) electrons. The number of rotatable bonds is 1. The van der Waals surface area contributed by atoms with Crippen molar-refractivity contribution in [2.24, 2.45) is 0 Å². The van der Waals surface area contributed by atoms with Crippen LogP contribution in [0.3, 0.4) is 0 Å². The summed E-state index contributed by atoms with van der Waals surface area (Å²) in [6, 6.07) is 3.87. The summed E-state index contributed by atoms with van der Waals surface area (Å²) in [4.78, 5) is 0. The van der Waals surface area contributed by atoms with Crippen LogP contribution in [0.15, 0.2) is 16.6 Å². The quantitative estimate of drug-likeness (QED) is 0.637. The molecule has 0 bridgehead atoms. The fourth-order valence-corrected chi connectivity index (χ4v) is 1.64. The molecule has 1 aromatic rings. The van der Waals surface area contributed by atoms with E-state index >= 15 is 0 Å². The van der Waals surface area contributed by atoms with E-state index in [1.807, 2.05) is 12.1 Å². The first-order chi connectivity index (χ1) is 5.52. The van der Waals surface area contributed by atoms with Crippen molar-refractivity contribution in [2.75, 3.05) is 0 Å². The van der Waals surface area contributed by atoms with Gasteiger partial charge in [-0.15, -0.1) is 0 Å². The average Bonchev–Trinajstić information content (AvgIpc) is 1.99. The zero-order valence-corrected chi connectivity index (χ0v) is 9.96. The maximum Gasteiger partial charge on any atom is 0.0566 e. The van der Waals surface area contributed by atoms with Crippen molar-refractivity contribution < 1.29 is 0 Å². The van der Waals surface area contributed by atoms with Crippen LogP contribution in [0.4, 0.5) is 0 Å². The highest BCUT2D eigenvalue weighted by Crippen LogP contribution is 2.33. The van der Waals surface area contributed by atoms with Gasteiger partial charge in [0.25, 0.3) is 0 Å². The largest absolute Gasteiger partial charge is 0.0830 e. The Morgan fingerprint density at radius 3 is 1.92 bits per heavy atom. The van der Waals surface area contributed by atoms with Gasteiger partial charge in [0.05, 0.1) is 14.5 Å². The topological polar surface area (TPSA) is 0 Å². The minimum atomic E-state index is 0.452. The summed E-state index contributed by atoms with van der Waals surface area (Å²) in [5.74, 6) is 0.452. The molecule has 0 nitrogen and oxygen atoms in total. The van der Waals surface area contributed by atoms with E-state index < -0.39 is 0 Å². The van der Waals surface area contributed by atoms with Gasteiger partial charge in [-0.1, -0.05) is 37.0 Å². The zero-order valence-electron chi connectivity index (χ0n) is 6.87. The molecule has 0 aliphatic heterocycles. The molecule has 0 aromatic heterocycles. The Bertz CT molecular complexity index is 272. The van der Waals surface area contributed by atoms with Gasteiger partial charge in [0.1, 0.15) is 0 Å². The zero-order chi connectivity index (χ0) is 9.30. The normalized spacial score (nSPS) is 10.8. The molecule has 0 fully saturated rings. The lowest BCUT2D eigenvalue weighted by molar-refractivity contribution is 0.866. The van der Waals surface area contributed by atoms with Crippen molar-refractivity contribution in [3.63, 3.8) is 0 Å². The lowest BCUT2D eigenvalue weighted by Crippen LogP contribution is -1.87. The minimum absolute atomic E-state index is 0.452. The molecule has 0 spiro atoms. The van der Waals surface area contributed by atoms with E-state index in [9.17, 15) is 0 Å². The fraction of sp³-hybridized carbons (Fsp3) is 0.333. The molecule has 0 saturated carbocycles. The molecule has 1 aromatic carbocycles. The van der Waals surface area contributed by atoms with Crippen molar-refractivity contribution in [2.45, 2.75) is 19.8 Å². The van der Waals surface area contributed by atoms with Crippen molar-refractivity contribution in [3.8, 4) is 0 Å². The van der Waals surface area contributed by atoms with Crippen LogP contribution >= 0.6 is 39.1 Å². The van der Waals surface area contributed by atoms with Gasteiger partial charge in [0.2, 0.25) is 0 Å². The molecule has 3 heteroatoms. The van der Waals surface area contributed by atoms with E-state index in [-0.39, 0.29) is 0 Å². The molecule has 0 aliphatic carbocycles. The summed E-state index contributed by atoms with van der Waals surface area (Å²) >= 11 is 15.2. The Balaban J connectivity index is 3.21. The highest BCUT2D eigenvalue weighted by Gasteiger charge is 2.07. The molecule has 12 heavy (non-hydrogen) atoms. The van der Waals surface area contributed by atoms with E-state index in [0.29, 0.717) is 16.0 Å². The first kappa shape index (κ1) is 10.4. The Labute approximate surface area is 91.0 Å². The molecule has 0 atom stereocenters. The Hall–Kier alpha value is 0.280. The van der Waals surface area contributed by atoms with E-state index in [0.717, 1.165) is 10.0 Å². The van der Waals surface area contributed by atoms with Crippen molar-refractivity contribution in [3.05, 3.63) is 32.2 Å². The maximum atomic E-state index is 5.93. The van der Waals surface area contributed by atoms with Crippen LogP contribution in [-0.2, 0) is 0 Å². The Morgan fingerprint density at radius 2 is 1.58 bits per heavy atom. The number of hydrogen-bond donors (Lipinski definition) is 0. The van der Waals surface area contributed by atoms with Gasteiger partial charge in [0.15, 0.2) is 0 Å². The molecule has 0 saturated heterocycles. The second-order valence-electron chi connectivity index (χ2n) is 2.95. The maximum absolute atomic E-state index is 5.93. The molecule has 1 rings (SSSR count). The summed E-state index contributed by atoms with van der Waals surface area (Å²) in [6.07, 6.45) is 0. The van der Waals surface area contributed by atoms with E-state index in [2.05, 4.69) is 29.8 Å². The SMILES string of the molecule is CC(C)c1cc(Cl)c(Br)c(Cl)c1. The molecule has 66 valence electrons. The van der Waals surface area contributed by atoms with Crippen molar-refractivity contribution in [1.82, 2.24) is 0 Å². The summed E-state index contributed by atoms with van der Waals surface area (Å²) in [5.41, 5.74) is 1.16. The summed E-state index contributed by atoms with van der Waals surface area (Å²) in [7, 11) is 0. The third-order valence-electron chi connectivity index (χ3n) is 1.67. The van der Waals surface area contributed by atoms with E-state index in [4.69, 9.17) is 23.2 Å². The minimum Gasteiger partial charge on any atom is -0.0830 e. The lowest BCUT2D eigenvalue weighted by atomic mass is 10.0. The van der Waals surface area contributed by atoms with E-state index in [1.54, 1.807) is 0 Å². The number of halogens is 3. The van der Waals surface area contributed by atoms with Crippen LogP contribution in [0.25, 0.3) is 0 Å². The van der Waals surface area contributed by atoms with Gasteiger partial charge in [-0.3, -0.25) is 0 Å². The van der Waals surface area contributed by atoms with Crippen LogP contribution in [0.5, 0.6) is 0 Å². The first-order valence-electron chi connectivity index (χ1n) is 3.67. The summed E-state index contributed by atoms with van der Waals surface area (Å²) in [6.45, 7) is 4.21. The smallest absolute Gasteiger partial charge is 0.0566 e. The van der Waals surface area contributed by atoms with Crippen LogP contribution in [-0.4, -0.2) is 0 Å². The molecule has 0 amide bonds. The van der Waals surface area contributed by atoms with Gasteiger partial charge >= 0.3 is 0 Å². The van der Waals surface area contributed by atoms with Crippen LogP contribution in [0, 0.1) is 0 Å². The van der Waals surface area contributed by atoms with Crippen LogP contribution in [0.2, 0.25) is 10.0 Å². The standard InChI is InChI=1S/C9H9BrCl2/c1-5(2)6-3-7(11)9(10)8(12)4-6/h3-5H,1-2H3. The predicted octanol–water partition coefficient (Wildman–Crippen LogP) is 4.88. The first-order valence-corrected chi connectivity index (χ1v) is 5.21. The molecule has 0 heterocycles. The fourth-order valence-electron chi connectivity index (χ4n) is 0.908. The van der Waals surface area contributed by atoms with Crippen molar-refractivity contribution in [1.29, 1.82) is 0 Å². The predicted molar refractivity (Wildman–Crippen MR) is 58.3 cm³/mol. The van der Waals surface area contributed by atoms with Crippen LogP contribution < -0.4 is 0 Å². The third kappa shape index (κ3) is 2.15. The van der Waals surface area contributed by atoms with Gasteiger partial charge in [-0.25, -0.2) is 0 Å². The second-order valence-corrected chi connectivity index (χ2v) is 4.56. The van der Waals surface area contributed by atoms with Gasteiger partial charge in [-0.05, 0) is 39.5 Å². The summed E-state index contributed by atoms with van der Waals surface area (Å²) < 4.78 is 0.773. The van der Waals surface area contributed by atoms with Crippen molar-refractivity contribution >= 4 is 39.1 Å². The Morgan fingerprint density at radius 1 is 1.17 bits per heavy atom. The number of hydrogen-bond acceptors (Lipinski definition) is 0. The van der Waals surface area contributed by atoms with Crippen LogP contribution in [0.1, 0.15) is 25.3 Å². The molecular weight excluding hydrogens is 259 g/mol. The highest BCUT2D eigenvalue weighted by molar-refractivity contribution is 9.10. The number of benzene rings is 1. The second kappa shape index (κ2) is 3.99. The van der Waals surface area contributed by atoms with E-state index in [1.165, 1.54) is 0 Å². The molecule has 0 unspecified atom stereocenters. The average molecular weight is 268 g/mol. The molecular formula is C9H9BrCl2. The summed E-state index contributed by atoms with van der Waals surface area (Å²) in [5, 5.41) is 1.34. The molecule has 0 N–H and O–H groups in total. The van der Waals surface area contributed by atoms with Gasteiger partial charge in [-0.2, -0.15) is 0 Å². The van der Waals surface area contributed by atoms with Gasteiger partial charge in [0, 0.05) is 0 Å². The monoisotopic (exact) mass is 266 g/mol. The Kier molecular flexibility index (Phi) is 3.45. The molecule has 0 aliphatic rings.